The SMILES string of the molecule is C=C=CCOC(=O)C1CC1. The molecule has 1 rings (SSSR count). The highest BCUT2D eigenvalue weighted by molar-refractivity contribution is 5.74. The van der Waals surface area contributed by atoms with E-state index in [-0.39, 0.29) is 11.9 Å². The predicted octanol–water partition coefficient (Wildman–Crippen LogP) is 1.28. The first kappa shape index (κ1) is 7.10. The number of rotatable bonds is 3. The van der Waals surface area contributed by atoms with Crippen molar-refractivity contribution in [3.8, 4) is 0 Å². The zero-order chi connectivity index (χ0) is 7.40. The Kier molecular flexibility index (Phi) is 2.30. The van der Waals surface area contributed by atoms with Gasteiger partial charge in [0, 0.05) is 0 Å². The highest BCUT2D eigenvalue weighted by atomic mass is 16.5. The molecule has 0 radical (unpaired) electrons. The van der Waals surface area contributed by atoms with E-state index in [2.05, 4.69) is 12.3 Å². The van der Waals surface area contributed by atoms with Crippen LogP contribution in [0.2, 0.25) is 0 Å². The van der Waals surface area contributed by atoms with Crippen molar-refractivity contribution >= 4 is 5.97 Å². The highest BCUT2D eigenvalue weighted by Gasteiger charge is 2.30. The van der Waals surface area contributed by atoms with Crippen LogP contribution in [0.25, 0.3) is 0 Å². The van der Waals surface area contributed by atoms with Crippen LogP contribution in [0.1, 0.15) is 12.8 Å². The van der Waals surface area contributed by atoms with E-state index >= 15 is 0 Å². The summed E-state index contributed by atoms with van der Waals surface area (Å²) in [5.41, 5.74) is 2.53. The first-order valence-corrected chi connectivity index (χ1v) is 3.35. The van der Waals surface area contributed by atoms with Gasteiger partial charge in [0.15, 0.2) is 0 Å². The van der Waals surface area contributed by atoms with E-state index in [9.17, 15) is 4.79 Å². The minimum atomic E-state index is -0.0773. The normalized spacial score (nSPS) is 15.6. The van der Waals surface area contributed by atoms with Gasteiger partial charge in [0.1, 0.15) is 6.61 Å². The van der Waals surface area contributed by atoms with Gasteiger partial charge in [0.2, 0.25) is 0 Å². The Balaban J connectivity index is 2.11. The second kappa shape index (κ2) is 3.23. The quantitative estimate of drug-likeness (QED) is 0.433. The monoisotopic (exact) mass is 138 g/mol. The maximum absolute atomic E-state index is 10.8. The molecule has 2 nitrogen and oxygen atoms in total. The third-order valence-corrected chi connectivity index (χ3v) is 1.36. The Hall–Kier alpha value is -1.01. The fraction of sp³-hybridized carbons (Fsp3) is 0.500. The minimum absolute atomic E-state index is 0.0773. The first-order valence-electron chi connectivity index (χ1n) is 3.35. The summed E-state index contributed by atoms with van der Waals surface area (Å²) in [6, 6.07) is 0. The van der Waals surface area contributed by atoms with E-state index in [1.54, 1.807) is 6.08 Å². The molecular formula is C8H10O2. The van der Waals surface area contributed by atoms with Crippen LogP contribution >= 0.6 is 0 Å². The summed E-state index contributed by atoms with van der Waals surface area (Å²) in [4.78, 5) is 10.8. The van der Waals surface area contributed by atoms with Gasteiger partial charge in [-0.05, 0) is 18.9 Å². The van der Waals surface area contributed by atoms with Gasteiger partial charge in [-0.25, -0.2) is 0 Å². The summed E-state index contributed by atoms with van der Waals surface area (Å²) < 4.78 is 4.81. The van der Waals surface area contributed by atoms with Crippen molar-refractivity contribution in [1.82, 2.24) is 0 Å². The zero-order valence-electron chi connectivity index (χ0n) is 5.80. The second-order valence-electron chi connectivity index (χ2n) is 2.31. The lowest BCUT2D eigenvalue weighted by atomic mass is 10.4. The van der Waals surface area contributed by atoms with Crippen LogP contribution in [0.15, 0.2) is 18.4 Å². The lowest BCUT2D eigenvalue weighted by Crippen LogP contribution is -2.05. The van der Waals surface area contributed by atoms with Crippen molar-refractivity contribution in [3.05, 3.63) is 18.4 Å². The van der Waals surface area contributed by atoms with Gasteiger partial charge in [-0.3, -0.25) is 4.79 Å². The van der Waals surface area contributed by atoms with Crippen LogP contribution < -0.4 is 0 Å². The van der Waals surface area contributed by atoms with Crippen LogP contribution in [-0.4, -0.2) is 12.6 Å². The molecular weight excluding hydrogens is 128 g/mol. The molecule has 2 heteroatoms. The van der Waals surface area contributed by atoms with Crippen molar-refractivity contribution in [2.24, 2.45) is 5.92 Å². The van der Waals surface area contributed by atoms with Crippen LogP contribution in [0, 0.1) is 5.92 Å². The Morgan fingerprint density at radius 3 is 3.00 bits per heavy atom. The molecule has 0 unspecified atom stereocenters. The maximum Gasteiger partial charge on any atom is 0.309 e. The summed E-state index contributed by atoms with van der Waals surface area (Å²) in [5, 5.41) is 0. The van der Waals surface area contributed by atoms with E-state index in [0.717, 1.165) is 12.8 Å². The average molecular weight is 138 g/mol. The Labute approximate surface area is 60.2 Å². The lowest BCUT2D eigenvalue weighted by molar-refractivity contribution is -0.143. The van der Waals surface area contributed by atoms with E-state index in [0.29, 0.717) is 6.61 Å². The van der Waals surface area contributed by atoms with Gasteiger partial charge in [-0.2, -0.15) is 0 Å². The second-order valence-corrected chi connectivity index (χ2v) is 2.31. The summed E-state index contributed by atoms with van der Waals surface area (Å²) in [6.45, 7) is 3.66. The van der Waals surface area contributed by atoms with Gasteiger partial charge < -0.3 is 4.74 Å². The third-order valence-electron chi connectivity index (χ3n) is 1.36. The molecule has 1 saturated carbocycles. The standard InChI is InChI=1S/C8H10O2/c1-2-3-6-10-8(9)7-4-5-7/h3,7H,1,4-6H2. The molecule has 0 N–H and O–H groups in total. The predicted molar refractivity (Wildman–Crippen MR) is 37.4 cm³/mol. The Morgan fingerprint density at radius 2 is 2.50 bits per heavy atom. The molecule has 0 amide bonds. The average Bonchev–Trinajstić information content (AvgIpc) is 2.69. The molecule has 0 aromatic rings. The molecule has 0 heterocycles. The first-order chi connectivity index (χ1) is 4.84. The molecule has 0 atom stereocenters. The number of hydrogen-bond acceptors (Lipinski definition) is 2. The molecule has 0 bridgehead atoms. The molecule has 0 aromatic carbocycles. The van der Waals surface area contributed by atoms with Crippen LogP contribution in [0.5, 0.6) is 0 Å². The Morgan fingerprint density at radius 1 is 1.80 bits per heavy atom. The largest absolute Gasteiger partial charge is 0.461 e. The van der Waals surface area contributed by atoms with Crippen LogP contribution in [-0.2, 0) is 9.53 Å². The van der Waals surface area contributed by atoms with Crippen molar-refractivity contribution in [3.63, 3.8) is 0 Å². The number of hydrogen-bond donors (Lipinski definition) is 0. The van der Waals surface area contributed by atoms with E-state index in [1.165, 1.54) is 0 Å². The van der Waals surface area contributed by atoms with E-state index in [1.807, 2.05) is 0 Å². The molecule has 1 aliphatic rings. The molecule has 1 aliphatic carbocycles. The fourth-order valence-electron chi connectivity index (χ4n) is 0.620. The van der Waals surface area contributed by atoms with Gasteiger partial charge in [0.05, 0.1) is 5.92 Å². The fourth-order valence-corrected chi connectivity index (χ4v) is 0.620. The molecule has 10 heavy (non-hydrogen) atoms. The molecule has 0 spiro atoms. The minimum Gasteiger partial charge on any atom is -0.461 e. The summed E-state index contributed by atoms with van der Waals surface area (Å²) in [6.07, 6.45) is 3.59. The van der Waals surface area contributed by atoms with Gasteiger partial charge in [-0.1, -0.05) is 6.58 Å². The Bertz CT molecular complexity index is 174. The van der Waals surface area contributed by atoms with Crippen molar-refractivity contribution < 1.29 is 9.53 Å². The molecule has 0 saturated heterocycles. The van der Waals surface area contributed by atoms with Crippen molar-refractivity contribution in [2.45, 2.75) is 12.8 Å². The van der Waals surface area contributed by atoms with E-state index in [4.69, 9.17) is 4.74 Å². The van der Waals surface area contributed by atoms with Crippen molar-refractivity contribution in [1.29, 1.82) is 0 Å². The van der Waals surface area contributed by atoms with Crippen LogP contribution in [0.4, 0.5) is 0 Å². The lowest BCUT2D eigenvalue weighted by Gasteiger charge is -1.96. The highest BCUT2D eigenvalue weighted by Crippen LogP contribution is 2.29. The molecule has 54 valence electrons. The van der Waals surface area contributed by atoms with Crippen molar-refractivity contribution in [2.75, 3.05) is 6.61 Å². The zero-order valence-corrected chi connectivity index (χ0v) is 5.80. The third kappa shape index (κ3) is 2.08. The molecule has 0 aliphatic heterocycles. The van der Waals surface area contributed by atoms with Gasteiger partial charge >= 0.3 is 5.97 Å². The number of esters is 1. The number of ether oxygens (including phenoxy) is 1. The molecule has 0 aromatic heterocycles. The van der Waals surface area contributed by atoms with Gasteiger partial charge in [-0.15, -0.1) is 5.73 Å². The van der Waals surface area contributed by atoms with Crippen LogP contribution in [0.3, 0.4) is 0 Å². The number of carbonyl (C=O) groups excluding carboxylic acids is 1. The summed E-state index contributed by atoms with van der Waals surface area (Å²) in [7, 11) is 0. The topological polar surface area (TPSA) is 26.3 Å². The number of carbonyl (C=O) groups is 1. The van der Waals surface area contributed by atoms with Gasteiger partial charge in [0.25, 0.3) is 0 Å². The summed E-state index contributed by atoms with van der Waals surface area (Å²) in [5.74, 6) is 0.115. The summed E-state index contributed by atoms with van der Waals surface area (Å²) >= 11 is 0. The molecule has 1 fully saturated rings. The van der Waals surface area contributed by atoms with E-state index < -0.39 is 0 Å². The maximum atomic E-state index is 10.8. The smallest absolute Gasteiger partial charge is 0.309 e.